The van der Waals surface area contributed by atoms with Crippen LogP contribution in [0.3, 0.4) is 0 Å². The predicted octanol–water partition coefficient (Wildman–Crippen LogP) is 2.35. The lowest BCUT2D eigenvalue weighted by Gasteiger charge is -2.03. The quantitative estimate of drug-likeness (QED) is 0.528. The van der Waals surface area contributed by atoms with Crippen molar-refractivity contribution in [1.82, 2.24) is 0 Å². The Labute approximate surface area is 109 Å². The minimum atomic E-state index is -0.295. The molecular weight excluding hydrogens is 282 g/mol. The Balaban J connectivity index is 2.62. The van der Waals surface area contributed by atoms with Crippen molar-refractivity contribution in [3.8, 4) is 11.8 Å². The molecule has 0 fully saturated rings. The third kappa shape index (κ3) is 5.32. The fourth-order valence-electron chi connectivity index (χ4n) is 1.20. The Bertz CT molecular complexity index is 468. The van der Waals surface area contributed by atoms with Gasteiger partial charge in [-0.2, -0.15) is 0 Å². The van der Waals surface area contributed by atoms with Crippen LogP contribution in [0, 0.1) is 11.8 Å². The van der Waals surface area contributed by atoms with E-state index in [-0.39, 0.29) is 18.1 Å². The maximum absolute atomic E-state index is 11.3. The summed E-state index contributed by atoms with van der Waals surface area (Å²) in [5.74, 6) is 5.38. The Hall–Kier alpha value is -1.60. The lowest BCUT2D eigenvalue weighted by Crippen LogP contribution is -2.14. The summed E-state index contributed by atoms with van der Waals surface area (Å²) in [6.07, 6.45) is -0.0921. The van der Waals surface area contributed by atoms with Crippen molar-refractivity contribution in [1.29, 1.82) is 0 Å². The van der Waals surface area contributed by atoms with Crippen LogP contribution in [0.5, 0.6) is 0 Å². The Morgan fingerprint density at radius 2 is 1.94 bits per heavy atom. The number of rotatable bonds is 3. The molecule has 1 aromatic rings. The van der Waals surface area contributed by atoms with E-state index in [4.69, 9.17) is 0 Å². The number of hydrogen-bond acceptors (Lipinski definition) is 2. The second-order valence-corrected chi connectivity index (χ2v) is 4.00. The van der Waals surface area contributed by atoms with Crippen molar-refractivity contribution in [2.75, 3.05) is 10.6 Å². The molecule has 0 bridgehead atoms. The van der Waals surface area contributed by atoms with Crippen LogP contribution < -0.4 is 5.32 Å². The van der Waals surface area contributed by atoms with Gasteiger partial charge in [0.05, 0.1) is 11.8 Å². The van der Waals surface area contributed by atoms with E-state index < -0.39 is 0 Å². The summed E-state index contributed by atoms with van der Waals surface area (Å²) in [6.45, 7) is 1.39. The van der Waals surface area contributed by atoms with Gasteiger partial charge in [-0.05, 0) is 31.2 Å². The highest BCUT2D eigenvalue weighted by Crippen LogP contribution is 2.09. The maximum Gasteiger partial charge on any atom is 0.231 e. The number of benzene rings is 1. The number of halogens is 1. The third-order valence-corrected chi connectivity index (χ3v) is 2.16. The van der Waals surface area contributed by atoms with Gasteiger partial charge in [-0.15, -0.1) is 0 Å². The molecule has 0 aliphatic heterocycles. The number of amides is 1. The average Bonchev–Trinajstić information content (AvgIpc) is 2.27. The summed E-state index contributed by atoms with van der Waals surface area (Å²) >= 11 is 3.21. The van der Waals surface area contributed by atoms with E-state index in [1.54, 1.807) is 12.1 Å². The largest absolute Gasteiger partial charge is 0.326 e. The van der Waals surface area contributed by atoms with Gasteiger partial charge in [0.2, 0.25) is 5.91 Å². The molecule has 1 rings (SSSR count). The minimum Gasteiger partial charge on any atom is -0.326 e. The van der Waals surface area contributed by atoms with Crippen LogP contribution in [0.1, 0.15) is 18.9 Å². The van der Waals surface area contributed by atoms with Crippen molar-refractivity contribution in [3.05, 3.63) is 29.8 Å². The van der Waals surface area contributed by atoms with Crippen molar-refractivity contribution in [2.24, 2.45) is 0 Å². The number of anilines is 1. The van der Waals surface area contributed by atoms with Crippen molar-refractivity contribution in [2.45, 2.75) is 13.3 Å². The molecule has 0 aliphatic carbocycles. The number of carbonyl (C=O) groups is 2. The van der Waals surface area contributed by atoms with Gasteiger partial charge in [0.25, 0.3) is 0 Å². The predicted molar refractivity (Wildman–Crippen MR) is 71.0 cm³/mol. The highest BCUT2D eigenvalue weighted by molar-refractivity contribution is 9.09. The molecule has 4 heteroatoms. The highest BCUT2D eigenvalue weighted by Gasteiger charge is 2.04. The first kappa shape index (κ1) is 13.5. The van der Waals surface area contributed by atoms with Gasteiger partial charge in [0.15, 0.2) is 0 Å². The van der Waals surface area contributed by atoms with Crippen LogP contribution >= 0.6 is 15.9 Å². The third-order valence-electron chi connectivity index (χ3n) is 1.88. The van der Waals surface area contributed by atoms with Crippen LogP contribution in [0.4, 0.5) is 5.69 Å². The fraction of sp³-hybridized carbons (Fsp3) is 0.231. The summed E-state index contributed by atoms with van der Waals surface area (Å²) in [5.41, 5.74) is 1.55. The van der Waals surface area contributed by atoms with Crippen molar-refractivity contribution < 1.29 is 9.59 Å². The van der Waals surface area contributed by atoms with Crippen LogP contribution in [-0.4, -0.2) is 17.0 Å². The van der Waals surface area contributed by atoms with Gasteiger partial charge in [-0.25, -0.2) is 0 Å². The minimum absolute atomic E-state index is 0.0921. The van der Waals surface area contributed by atoms with E-state index in [9.17, 15) is 9.59 Å². The molecule has 1 N–H and O–H groups in total. The Morgan fingerprint density at radius 1 is 1.29 bits per heavy atom. The Morgan fingerprint density at radius 3 is 2.47 bits per heavy atom. The summed E-state index contributed by atoms with van der Waals surface area (Å²) < 4.78 is 0. The molecule has 1 amide bonds. The molecule has 0 atom stereocenters. The molecule has 0 aliphatic rings. The lowest BCUT2D eigenvalue weighted by molar-refractivity contribution is -0.124. The second kappa shape index (κ2) is 6.87. The fourth-order valence-corrected chi connectivity index (χ4v) is 1.34. The van der Waals surface area contributed by atoms with E-state index in [0.717, 1.165) is 5.56 Å². The summed E-state index contributed by atoms with van der Waals surface area (Å²) in [5, 5.41) is 3.27. The summed E-state index contributed by atoms with van der Waals surface area (Å²) in [4.78, 5) is 22.0. The van der Waals surface area contributed by atoms with Gasteiger partial charge in [-0.3, -0.25) is 9.59 Å². The van der Waals surface area contributed by atoms with E-state index >= 15 is 0 Å². The van der Waals surface area contributed by atoms with Gasteiger partial charge in [0.1, 0.15) is 5.78 Å². The highest BCUT2D eigenvalue weighted by atomic mass is 79.9. The zero-order valence-corrected chi connectivity index (χ0v) is 11.0. The number of ketones is 1. The van der Waals surface area contributed by atoms with Crippen molar-refractivity contribution >= 4 is 33.3 Å². The van der Waals surface area contributed by atoms with Crippen LogP contribution in [0.2, 0.25) is 0 Å². The van der Waals surface area contributed by atoms with Gasteiger partial charge >= 0.3 is 0 Å². The lowest BCUT2D eigenvalue weighted by atomic mass is 10.2. The molecule has 1 aromatic carbocycles. The molecule has 0 aromatic heterocycles. The SMILES string of the molecule is CC(=O)CC(=O)Nc1ccc(C#CCBr)cc1. The molecule has 88 valence electrons. The van der Waals surface area contributed by atoms with E-state index in [1.165, 1.54) is 6.92 Å². The topological polar surface area (TPSA) is 46.2 Å². The van der Waals surface area contributed by atoms with Gasteiger partial charge in [-0.1, -0.05) is 27.8 Å². The number of alkyl halides is 1. The molecule has 0 unspecified atom stereocenters. The molecular formula is C13H12BrNO2. The number of Topliss-reactive ketones (excluding diaryl/α,β-unsaturated/α-hetero) is 1. The summed E-state index contributed by atoms with van der Waals surface area (Å²) in [6, 6.07) is 7.16. The molecule has 0 saturated carbocycles. The van der Waals surface area contributed by atoms with Gasteiger partial charge in [0, 0.05) is 11.3 Å². The van der Waals surface area contributed by atoms with Crippen LogP contribution in [0.15, 0.2) is 24.3 Å². The zero-order chi connectivity index (χ0) is 12.7. The van der Waals surface area contributed by atoms with Crippen LogP contribution in [0.25, 0.3) is 0 Å². The first-order valence-electron chi connectivity index (χ1n) is 5.06. The molecule has 0 heterocycles. The molecule has 3 nitrogen and oxygen atoms in total. The van der Waals surface area contributed by atoms with Gasteiger partial charge < -0.3 is 5.32 Å². The first-order valence-corrected chi connectivity index (χ1v) is 6.18. The van der Waals surface area contributed by atoms with Crippen LogP contribution in [-0.2, 0) is 9.59 Å². The normalized spacial score (nSPS) is 9.06. The van der Waals surface area contributed by atoms with E-state index in [1.807, 2.05) is 12.1 Å². The number of carbonyl (C=O) groups excluding carboxylic acids is 2. The molecule has 17 heavy (non-hydrogen) atoms. The maximum atomic E-state index is 11.3. The molecule has 0 saturated heterocycles. The average molecular weight is 294 g/mol. The number of nitrogens with one attached hydrogen (secondary N) is 1. The second-order valence-electron chi connectivity index (χ2n) is 3.44. The molecule has 0 radical (unpaired) electrons. The standard InChI is InChI=1S/C13H12BrNO2/c1-10(16)9-13(17)15-12-6-4-11(5-7-12)3-2-8-14/h4-7H,8-9H2,1H3,(H,15,17). The van der Waals surface area contributed by atoms with Crippen molar-refractivity contribution in [3.63, 3.8) is 0 Å². The molecule has 0 spiro atoms. The summed E-state index contributed by atoms with van der Waals surface area (Å²) in [7, 11) is 0. The Kier molecular flexibility index (Phi) is 5.44. The first-order chi connectivity index (χ1) is 8.11. The van der Waals surface area contributed by atoms with E-state index in [0.29, 0.717) is 11.0 Å². The van der Waals surface area contributed by atoms with E-state index in [2.05, 4.69) is 33.1 Å². The zero-order valence-electron chi connectivity index (χ0n) is 9.42. The monoisotopic (exact) mass is 293 g/mol. The smallest absolute Gasteiger partial charge is 0.231 e. The number of hydrogen-bond donors (Lipinski definition) is 1.